The summed E-state index contributed by atoms with van der Waals surface area (Å²) in [5, 5.41) is 9.76. The number of sulfone groups is 1. The van der Waals surface area contributed by atoms with Gasteiger partial charge in [-0.1, -0.05) is 6.42 Å². The van der Waals surface area contributed by atoms with E-state index in [0.29, 0.717) is 12.8 Å². The molecular formula is C13H14FNO5S. The molecule has 114 valence electrons. The number of benzene rings is 1. The van der Waals surface area contributed by atoms with Gasteiger partial charge in [-0.15, -0.1) is 0 Å². The summed E-state index contributed by atoms with van der Waals surface area (Å²) in [6, 6.07) is 3.01. The zero-order valence-corrected chi connectivity index (χ0v) is 11.8. The van der Waals surface area contributed by atoms with Gasteiger partial charge in [0.1, 0.15) is 11.1 Å². The van der Waals surface area contributed by atoms with Crippen LogP contribution >= 0.6 is 0 Å². The Morgan fingerprint density at radius 3 is 2.57 bits per heavy atom. The Labute approximate surface area is 120 Å². The number of carboxylic acid groups (broad SMARTS) is 1. The number of carbonyl (C=O) groups is 2. The van der Waals surface area contributed by atoms with Crippen molar-refractivity contribution in [2.24, 2.45) is 0 Å². The van der Waals surface area contributed by atoms with Gasteiger partial charge >= 0.3 is 5.97 Å². The standard InChI is InChI=1S/C13H14FNO5S/c14-9-7-8(13(17)18)4-5-10(9)15-12(16)11-3-1-2-6-21(11,19)20/h4-5,7,11H,1-3,6H2,(H,15,16)(H,17,18). The Hall–Kier alpha value is -1.96. The van der Waals surface area contributed by atoms with Gasteiger partial charge in [-0.05, 0) is 31.0 Å². The molecule has 1 aliphatic heterocycles. The molecule has 0 saturated carbocycles. The molecule has 0 aliphatic carbocycles. The molecule has 0 bridgehead atoms. The molecule has 6 nitrogen and oxygen atoms in total. The topological polar surface area (TPSA) is 101 Å². The van der Waals surface area contributed by atoms with E-state index in [9.17, 15) is 22.4 Å². The summed E-state index contributed by atoms with van der Waals surface area (Å²) >= 11 is 0. The van der Waals surface area contributed by atoms with Gasteiger partial charge in [-0.25, -0.2) is 17.6 Å². The fourth-order valence-corrected chi connectivity index (χ4v) is 4.01. The molecule has 8 heteroatoms. The van der Waals surface area contributed by atoms with E-state index < -0.39 is 32.8 Å². The van der Waals surface area contributed by atoms with Crippen LogP contribution in [0.5, 0.6) is 0 Å². The number of nitrogens with one attached hydrogen (secondary N) is 1. The number of carboxylic acids is 1. The van der Waals surface area contributed by atoms with Gasteiger partial charge < -0.3 is 10.4 Å². The predicted octanol–water partition coefficient (Wildman–Crippen LogP) is 1.43. The highest BCUT2D eigenvalue weighted by molar-refractivity contribution is 7.92. The number of amides is 1. The summed E-state index contributed by atoms with van der Waals surface area (Å²) in [5.74, 6) is -3.04. The van der Waals surface area contributed by atoms with E-state index in [1.807, 2.05) is 0 Å². The third-order valence-corrected chi connectivity index (χ3v) is 5.52. The van der Waals surface area contributed by atoms with Crippen LogP contribution in [0.1, 0.15) is 29.6 Å². The quantitative estimate of drug-likeness (QED) is 0.879. The zero-order valence-electron chi connectivity index (χ0n) is 11.0. The highest BCUT2D eigenvalue weighted by Crippen LogP contribution is 2.22. The molecule has 1 aliphatic rings. The average molecular weight is 315 g/mol. The van der Waals surface area contributed by atoms with E-state index in [1.165, 1.54) is 0 Å². The Bertz CT molecular complexity index is 686. The first-order chi connectivity index (χ1) is 9.81. The summed E-state index contributed by atoms with van der Waals surface area (Å²) < 4.78 is 37.3. The van der Waals surface area contributed by atoms with Crippen LogP contribution in [0.4, 0.5) is 10.1 Å². The maximum atomic E-state index is 13.7. The summed E-state index contributed by atoms with van der Waals surface area (Å²) in [4.78, 5) is 22.7. The lowest BCUT2D eigenvalue weighted by Crippen LogP contribution is -2.39. The van der Waals surface area contributed by atoms with Gasteiger partial charge in [-0.2, -0.15) is 0 Å². The van der Waals surface area contributed by atoms with Crippen LogP contribution in [0, 0.1) is 5.82 Å². The molecule has 1 saturated heterocycles. The number of aromatic carboxylic acids is 1. The van der Waals surface area contributed by atoms with Crippen molar-refractivity contribution in [1.29, 1.82) is 0 Å². The fourth-order valence-electron chi connectivity index (χ4n) is 2.21. The third-order valence-electron chi connectivity index (χ3n) is 3.34. The van der Waals surface area contributed by atoms with Crippen LogP contribution in [0.25, 0.3) is 0 Å². The minimum atomic E-state index is -3.51. The molecule has 1 aromatic carbocycles. The fraction of sp³-hybridized carbons (Fsp3) is 0.385. The van der Waals surface area contributed by atoms with Crippen LogP contribution in [0.15, 0.2) is 18.2 Å². The van der Waals surface area contributed by atoms with E-state index in [1.54, 1.807) is 0 Å². The molecule has 1 atom stereocenters. The molecule has 0 radical (unpaired) electrons. The van der Waals surface area contributed by atoms with E-state index in [0.717, 1.165) is 18.2 Å². The molecule has 1 heterocycles. The molecule has 0 spiro atoms. The van der Waals surface area contributed by atoms with Crippen molar-refractivity contribution in [3.8, 4) is 0 Å². The lowest BCUT2D eigenvalue weighted by Gasteiger charge is -2.21. The Kier molecular flexibility index (Phi) is 4.26. The van der Waals surface area contributed by atoms with Gasteiger partial charge in [0.15, 0.2) is 9.84 Å². The maximum Gasteiger partial charge on any atom is 0.335 e. The minimum Gasteiger partial charge on any atom is -0.478 e. The van der Waals surface area contributed by atoms with Crippen LogP contribution in [-0.4, -0.2) is 36.4 Å². The van der Waals surface area contributed by atoms with Gasteiger partial charge in [0.05, 0.1) is 17.0 Å². The minimum absolute atomic E-state index is 0.0501. The monoisotopic (exact) mass is 315 g/mol. The normalized spacial score (nSPS) is 20.7. The van der Waals surface area contributed by atoms with Crippen molar-refractivity contribution in [3.05, 3.63) is 29.6 Å². The highest BCUT2D eigenvalue weighted by atomic mass is 32.2. The SMILES string of the molecule is O=C(O)c1ccc(NC(=O)C2CCCCS2(=O)=O)c(F)c1. The van der Waals surface area contributed by atoms with Crippen molar-refractivity contribution < 1.29 is 27.5 Å². The number of halogens is 1. The summed E-state index contributed by atoms with van der Waals surface area (Å²) in [5.41, 5.74) is -0.485. The number of hydrogen-bond acceptors (Lipinski definition) is 4. The van der Waals surface area contributed by atoms with Gasteiger partial charge in [-0.3, -0.25) is 4.79 Å². The third kappa shape index (κ3) is 3.38. The van der Waals surface area contributed by atoms with Crippen LogP contribution < -0.4 is 5.32 Å². The second-order valence-corrected chi connectivity index (χ2v) is 7.14. The van der Waals surface area contributed by atoms with Crippen LogP contribution in [0.2, 0.25) is 0 Å². The number of hydrogen-bond donors (Lipinski definition) is 2. The molecule has 2 N–H and O–H groups in total. The Morgan fingerprint density at radius 2 is 2.00 bits per heavy atom. The summed E-state index contributed by atoms with van der Waals surface area (Å²) in [7, 11) is -3.51. The highest BCUT2D eigenvalue weighted by Gasteiger charge is 2.35. The lowest BCUT2D eigenvalue weighted by atomic mass is 10.1. The molecule has 1 unspecified atom stereocenters. The summed E-state index contributed by atoms with van der Waals surface area (Å²) in [6.07, 6.45) is 1.36. The second-order valence-electron chi connectivity index (χ2n) is 4.84. The molecule has 2 rings (SSSR count). The van der Waals surface area contributed by atoms with Crippen LogP contribution in [-0.2, 0) is 14.6 Å². The lowest BCUT2D eigenvalue weighted by molar-refractivity contribution is -0.116. The molecule has 1 fully saturated rings. The van der Waals surface area contributed by atoms with E-state index >= 15 is 0 Å². The van der Waals surface area contributed by atoms with Gasteiger partial charge in [0, 0.05) is 0 Å². The zero-order chi connectivity index (χ0) is 15.6. The van der Waals surface area contributed by atoms with Gasteiger partial charge in [0.25, 0.3) is 0 Å². The van der Waals surface area contributed by atoms with Gasteiger partial charge in [0.2, 0.25) is 5.91 Å². The maximum absolute atomic E-state index is 13.7. The number of anilines is 1. The van der Waals surface area contributed by atoms with Crippen molar-refractivity contribution in [2.75, 3.05) is 11.1 Å². The smallest absolute Gasteiger partial charge is 0.335 e. The van der Waals surface area contributed by atoms with Crippen molar-refractivity contribution in [3.63, 3.8) is 0 Å². The summed E-state index contributed by atoms with van der Waals surface area (Å²) in [6.45, 7) is 0. The van der Waals surface area contributed by atoms with E-state index in [2.05, 4.69) is 5.32 Å². The Balaban J connectivity index is 2.18. The molecular weight excluding hydrogens is 301 g/mol. The predicted molar refractivity (Wildman–Crippen MR) is 73.4 cm³/mol. The van der Waals surface area contributed by atoms with Crippen molar-refractivity contribution in [2.45, 2.75) is 24.5 Å². The van der Waals surface area contributed by atoms with Crippen molar-refractivity contribution >= 4 is 27.4 Å². The van der Waals surface area contributed by atoms with E-state index in [4.69, 9.17) is 5.11 Å². The Morgan fingerprint density at radius 1 is 1.29 bits per heavy atom. The van der Waals surface area contributed by atoms with E-state index in [-0.39, 0.29) is 23.4 Å². The molecule has 1 amide bonds. The second kappa shape index (κ2) is 5.80. The first-order valence-corrected chi connectivity index (χ1v) is 8.08. The first-order valence-electron chi connectivity index (χ1n) is 6.36. The van der Waals surface area contributed by atoms with Crippen LogP contribution in [0.3, 0.4) is 0 Å². The number of carbonyl (C=O) groups excluding carboxylic acids is 1. The molecule has 21 heavy (non-hydrogen) atoms. The number of rotatable bonds is 3. The average Bonchev–Trinajstić information content (AvgIpc) is 2.40. The molecule has 0 aromatic heterocycles. The largest absolute Gasteiger partial charge is 0.478 e. The van der Waals surface area contributed by atoms with Crippen molar-refractivity contribution in [1.82, 2.24) is 0 Å². The first kappa shape index (κ1) is 15.4. The molecule has 1 aromatic rings.